The summed E-state index contributed by atoms with van der Waals surface area (Å²) in [6.07, 6.45) is 25.8. The van der Waals surface area contributed by atoms with Gasteiger partial charge in [-0.3, -0.25) is 0 Å². The Morgan fingerprint density at radius 2 is 1.05 bits per heavy atom. The first kappa shape index (κ1) is 17.4. The molecule has 0 bridgehead atoms. The van der Waals surface area contributed by atoms with Crippen molar-refractivity contribution >= 4 is 0 Å². The minimum atomic E-state index is 1.12. The molecule has 0 saturated heterocycles. The molecule has 0 spiro atoms. The van der Waals surface area contributed by atoms with Gasteiger partial charge in [-0.2, -0.15) is 0 Å². The molecular weight excluding hydrogens is 252 g/mol. The Labute approximate surface area is 134 Å². The summed E-state index contributed by atoms with van der Waals surface area (Å²) < 4.78 is 0. The first-order valence-electron chi connectivity index (χ1n) is 10.4. The normalized spacial score (nSPS) is 20.9. The van der Waals surface area contributed by atoms with Crippen LogP contribution in [0.3, 0.4) is 0 Å². The highest BCUT2D eigenvalue weighted by atomic mass is 14.4. The third-order valence-electron chi connectivity index (χ3n) is 6.40. The van der Waals surface area contributed by atoms with E-state index in [9.17, 15) is 0 Å². The lowest BCUT2D eigenvalue weighted by Crippen LogP contribution is -2.20. The van der Waals surface area contributed by atoms with Gasteiger partial charge in [0.15, 0.2) is 0 Å². The van der Waals surface area contributed by atoms with Crippen LogP contribution in [-0.2, 0) is 0 Å². The summed E-state index contributed by atoms with van der Waals surface area (Å²) in [5.41, 5.74) is 0. The molecule has 0 nitrogen and oxygen atoms in total. The van der Waals surface area contributed by atoms with Gasteiger partial charge in [-0.05, 0) is 24.2 Å². The lowest BCUT2D eigenvalue weighted by Gasteiger charge is -2.29. The molecule has 2 rings (SSSR count). The van der Waals surface area contributed by atoms with Gasteiger partial charge in [0.05, 0.1) is 0 Å². The summed E-state index contributed by atoms with van der Waals surface area (Å²) in [4.78, 5) is 0. The molecule has 2 aliphatic carbocycles. The van der Waals surface area contributed by atoms with Crippen molar-refractivity contribution in [3.05, 3.63) is 0 Å². The van der Waals surface area contributed by atoms with E-state index in [1.54, 1.807) is 32.1 Å². The average Bonchev–Trinajstić information content (AvgIpc) is 3.19. The van der Waals surface area contributed by atoms with Crippen LogP contribution in [0.4, 0.5) is 0 Å². The average molecular weight is 293 g/mol. The molecule has 0 aromatic heterocycles. The van der Waals surface area contributed by atoms with Crippen molar-refractivity contribution in [2.75, 3.05) is 0 Å². The predicted molar refractivity (Wildman–Crippen MR) is 94.6 cm³/mol. The summed E-state index contributed by atoms with van der Waals surface area (Å²) in [5.74, 6) is 3.37. The highest BCUT2D eigenvalue weighted by molar-refractivity contribution is 4.83. The van der Waals surface area contributed by atoms with Gasteiger partial charge in [0.2, 0.25) is 0 Å². The first-order valence-corrected chi connectivity index (χ1v) is 10.4. The van der Waals surface area contributed by atoms with Gasteiger partial charge in [0.1, 0.15) is 0 Å². The van der Waals surface area contributed by atoms with E-state index in [0.29, 0.717) is 0 Å². The molecule has 124 valence electrons. The molecule has 2 fully saturated rings. The highest BCUT2D eigenvalue weighted by Crippen LogP contribution is 2.43. The Morgan fingerprint density at radius 3 is 1.52 bits per heavy atom. The van der Waals surface area contributed by atoms with Crippen molar-refractivity contribution in [2.45, 2.75) is 116 Å². The molecule has 0 atom stereocenters. The van der Waals surface area contributed by atoms with Gasteiger partial charge in [-0.25, -0.2) is 0 Å². The number of hydrogen-bond donors (Lipinski definition) is 0. The van der Waals surface area contributed by atoms with Crippen LogP contribution in [0.2, 0.25) is 0 Å². The lowest BCUT2D eigenvalue weighted by atomic mass is 9.76. The van der Waals surface area contributed by atoms with E-state index in [4.69, 9.17) is 0 Å². The fourth-order valence-corrected chi connectivity index (χ4v) is 5.14. The second-order valence-corrected chi connectivity index (χ2v) is 8.02. The van der Waals surface area contributed by atoms with E-state index in [1.165, 1.54) is 77.0 Å². The van der Waals surface area contributed by atoms with E-state index >= 15 is 0 Å². The Morgan fingerprint density at radius 1 is 0.619 bits per heavy atom. The molecule has 0 radical (unpaired) electrons. The molecule has 0 aromatic rings. The fraction of sp³-hybridized carbons (Fsp3) is 1.00. The van der Waals surface area contributed by atoms with Crippen molar-refractivity contribution in [2.24, 2.45) is 17.8 Å². The Bertz CT molecular complexity index is 216. The van der Waals surface area contributed by atoms with Gasteiger partial charge < -0.3 is 0 Å². The summed E-state index contributed by atoms with van der Waals surface area (Å²) >= 11 is 0. The molecule has 0 amide bonds. The minimum absolute atomic E-state index is 1.12. The predicted octanol–water partition coefficient (Wildman–Crippen LogP) is 7.51. The molecule has 0 aromatic carbocycles. The van der Waals surface area contributed by atoms with Gasteiger partial charge >= 0.3 is 0 Å². The van der Waals surface area contributed by atoms with Crippen LogP contribution in [0.25, 0.3) is 0 Å². The summed E-state index contributed by atoms with van der Waals surface area (Å²) in [6.45, 7) is 2.31. The van der Waals surface area contributed by atoms with Crippen molar-refractivity contribution in [1.82, 2.24) is 0 Å². The lowest BCUT2D eigenvalue weighted by molar-refractivity contribution is 0.210. The Hall–Kier alpha value is 0. The molecular formula is C21H40. The zero-order valence-electron chi connectivity index (χ0n) is 14.8. The Kier molecular flexibility index (Phi) is 8.83. The SMILES string of the molecule is CCCCCCCCCCC(C1CCCC1)C1CCCC1. The van der Waals surface area contributed by atoms with Crippen molar-refractivity contribution in [3.63, 3.8) is 0 Å². The monoisotopic (exact) mass is 292 g/mol. The van der Waals surface area contributed by atoms with E-state index < -0.39 is 0 Å². The molecule has 0 aliphatic heterocycles. The van der Waals surface area contributed by atoms with E-state index in [-0.39, 0.29) is 0 Å². The van der Waals surface area contributed by atoms with E-state index in [0.717, 1.165) is 17.8 Å². The van der Waals surface area contributed by atoms with Crippen LogP contribution in [0.1, 0.15) is 116 Å². The molecule has 0 heteroatoms. The molecule has 0 heterocycles. The van der Waals surface area contributed by atoms with E-state index in [2.05, 4.69) is 6.92 Å². The molecule has 0 N–H and O–H groups in total. The van der Waals surface area contributed by atoms with Crippen LogP contribution >= 0.6 is 0 Å². The van der Waals surface area contributed by atoms with Crippen LogP contribution in [-0.4, -0.2) is 0 Å². The quantitative estimate of drug-likeness (QED) is 0.345. The number of hydrogen-bond acceptors (Lipinski definition) is 0. The van der Waals surface area contributed by atoms with Crippen LogP contribution < -0.4 is 0 Å². The van der Waals surface area contributed by atoms with Crippen LogP contribution in [0.15, 0.2) is 0 Å². The summed E-state index contributed by atoms with van der Waals surface area (Å²) in [6, 6.07) is 0. The van der Waals surface area contributed by atoms with E-state index in [1.807, 2.05) is 0 Å². The van der Waals surface area contributed by atoms with Crippen LogP contribution in [0.5, 0.6) is 0 Å². The first-order chi connectivity index (χ1) is 10.4. The van der Waals surface area contributed by atoms with Crippen LogP contribution in [0, 0.1) is 17.8 Å². The summed E-state index contributed by atoms with van der Waals surface area (Å²) in [7, 11) is 0. The molecule has 2 saturated carbocycles. The minimum Gasteiger partial charge on any atom is -0.0654 e. The third-order valence-corrected chi connectivity index (χ3v) is 6.40. The topological polar surface area (TPSA) is 0 Å². The van der Waals surface area contributed by atoms with Crippen molar-refractivity contribution in [1.29, 1.82) is 0 Å². The summed E-state index contributed by atoms with van der Waals surface area (Å²) in [5, 5.41) is 0. The van der Waals surface area contributed by atoms with Gasteiger partial charge in [0, 0.05) is 0 Å². The third kappa shape index (κ3) is 6.33. The fourth-order valence-electron chi connectivity index (χ4n) is 5.14. The standard InChI is InChI=1S/C21H40/c1-2-3-4-5-6-7-8-9-18-21(19-14-10-11-15-19)20-16-12-13-17-20/h19-21H,2-18H2,1H3. The van der Waals surface area contributed by atoms with Gasteiger partial charge in [0.25, 0.3) is 0 Å². The highest BCUT2D eigenvalue weighted by Gasteiger charge is 2.32. The van der Waals surface area contributed by atoms with Gasteiger partial charge in [-0.1, -0.05) is 110 Å². The number of unbranched alkanes of at least 4 members (excludes halogenated alkanes) is 7. The molecule has 0 unspecified atom stereocenters. The largest absolute Gasteiger partial charge is 0.0654 e. The maximum atomic E-state index is 2.31. The van der Waals surface area contributed by atoms with Crippen molar-refractivity contribution < 1.29 is 0 Å². The maximum Gasteiger partial charge on any atom is -0.0357 e. The zero-order chi connectivity index (χ0) is 14.8. The maximum absolute atomic E-state index is 2.31. The smallest absolute Gasteiger partial charge is 0.0357 e. The Balaban J connectivity index is 1.58. The number of rotatable bonds is 11. The zero-order valence-corrected chi connectivity index (χ0v) is 14.8. The molecule has 21 heavy (non-hydrogen) atoms. The second-order valence-electron chi connectivity index (χ2n) is 8.02. The molecule has 2 aliphatic rings. The van der Waals surface area contributed by atoms with Gasteiger partial charge in [-0.15, -0.1) is 0 Å². The second kappa shape index (κ2) is 10.7. The van der Waals surface area contributed by atoms with Crippen molar-refractivity contribution in [3.8, 4) is 0 Å².